The highest BCUT2D eigenvalue weighted by Crippen LogP contribution is 2.42. The molecule has 1 aliphatic rings. The molecule has 0 unspecified atom stereocenters. The van der Waals surface area contributed by atoms with Gasteiger partial charge in [-0.1, -0.05) is 103 Å². The van der Waals surface area contributed by atoms with Gasteiger partial charge in [-0.2, -0.15) is 0 Å². The number of aromatic amines is 1. The Morgan fingerprint density at radius 1 is 0.513 bits per heavy atom. The molecule has 182 valence electrons. The number of aromatic nitrogens is 2. The summed E-state index contributed by atoms with van der Waals surface area (Å²) in [5.41, 5.74) is 14.2. The van der Waals surface area contributed by atoms with Crippen LogP contribution in [0.1, 0.15) is 11.1 Å². The summed E-state index contributed by atoms with van der Waals surface area (Å²) >= 11 is 0. The number of fused-ring (bicyclic) bond motifs is 10. The average Bonchev–Trinajstić information content (AvgIpc) is 3.67. The first-order chi connectivity index (χ1) is 19.3. The number of hydrogen-bond acceptors (Lipinski definition) is 0. The third-order valence-corrected chi connectivity index (χ3v) is 8.60. The molecule has 0 spiro atoms. The smallest absolute Gasteiger partial charge is 0.0783 e. The molecule has 2 heteroatoms. The van der Waals surface area contributed by atoms with E-state index in [1.54, 1.807) is 0 Å². The van der Waals surface area contributed by atoms with E-state index in [0.717, 1.165) is 6.42 Å². The number of nitrogens with zero attached hydrogens (tertiary/aromatic N) is 1. The predicted octanol–water partition coefficient (Wildman–Crippen LogP) is 9.66. The topological polar surface area (TPSA) is 20.7 Å². The van der Waals surface area contributed by atoms with Crippen molar-refractivity contribution in [2.24, 2.45) is 0 Å². The van der Waals surface area contributed by atoms with Crippen LogP contribution in [0, 0.1) is 0 Å². The Balaban J connectivity index is 1.26. The highest BCUT2D eigenvalue weighted by Gasteiger charge is 2.21. The molecule has 2 heterocycles. The first-order valence-electron chi connectivity index (χ1n) is 13.6. The van der Waals surface area contributed by atoms with Crippen molar-refractivity contribution in [3.8, 4) is 27.9 Å². The molecule has 0 fully saturated rings. The Morgan fingerprint density at radius 3 is 2.15 bits per heavy atom. The van der Waals surface area contributed by atoms with E-state index in [2.05, 4.69) is 137 Å². The van der Waals surface area contributed by atoms with Crippen LogP contribution in [0.4, 0.5) is 0 Å². The van der Waals surface area contributed by atoms with Crippen molar-refractivity contribution < 1.29 is 0 Å². The van der Waals surface area contributed by atoms with E-state index in [1.807, 2.05) is 0 Å². The molecular formula is C37H24N2. The third kappa shape index (κ3) is 2.86. The van der Waals surface area contributed by atoms with E-state index in [9.17, 15) is 0 Å². The van der Waals surface area contributed by atoms with Gasteiger partial charge in [0.2, 0.25) is 0 Å². The Morgan fingerprint density at radius 2 is 1.23 bits per heavy atom. The lowest BCUT2D eigenvalue weighted by Gasteiger charge is -2.12. The van der Waals surface area contributed by atoms with Crippen LogP contribution >= 0.6 is 0 Å². The van der Waals surface area contributed by atoms with Crippen molar-refractivity contribution in [2.75, 3.05) is 0 Å². The molecule has 0 atom stereocenters. The fraction of sp³-hybridized carbons (Fsp3) is 0.0270. The molecule has 2 aromatic heterocycles. The monoisotopic (exact) mass is 496 g/mol. The van der Waals surface area contributed by atoms with Gasteiger partial charge < -0.3 is 9.55 Å². The maximum atomic E-state index is 3.75. The number of para-hydroxylation sites is 2. The van der Waals surface area contributed by atoms with Crippen molar-refractivity contribution in [1.29, 1.82) is 0 Å². The zero-order valence-electron chi connectivity index (χ0n) is 21.3. The van der Waals surface area contributed by atoms with Crippen molar-refractivity contribution in [3.05, 3.63) is 139 Å². The van der Waals surface area contributed by atoms with E-state index in [4.69, 9.17) is 0 Å². The predicted molar refractivity (Wildman–Crippen MR) is 164 cm³/mol. The van der Waals surface area contributed by atoms with Gasteiger partial charge in [0.1, 0.15) is 0 Å². The molecule has 39 heavy (non-hydrogen) atoms. The SMILES string of the molecule is c1ccc2c(c1)Cc1c(-c3ccc(-n4c5ccccc5c5ccc6c7ccccc7[nH]c6c54)cc3)cccc1-2. The van der Waals surface area contributed by atoms with Crippen LogP contribution in [0.3, 0.4) is 0 Å². The maximum absolute atomic E-state index is 3.75. The van der Waals surface area contributed by atoms with Crippen LogP contribution in [-0.4, -0.2) is 9.55 Å². The number of benzene rings is 6. The zero-order valence-corrected chi connectivity index (χ0v) is 21.3. The Hall–Kier alpha value is -5.08. The number of nitrogens with one attached hydrogen (secondary N) is 1. The summed E-state index contributed by atoms with van der Waals surface area (Å²) in [5, 5.41) is 5.07. The zero-order chi connectivity index (χ0) is 25.5. The van der Waals surface area contributed by atoms with Gasteiger partial charge in [0.25, 0.3) is 0 Å². The lowest BCUT2D eigenvalue weighted by Crippen LogP contribution is -1.95. The largest absolute Gasteiger partial charge is 0.353 e. The molecule has 0 aliphatic heterocycles. The second-order valence-corrected chi connectivity index (χ2v) is 10.6. The fourth-order valence-corrected chi connectivity index (χ4v) is 6.86. The molecule has 0 amide bonds. The first kappa shape index (κ1) is 20.9. The minimum absolute atomic E-state index is 0.995. The van der Waals surface area contributed by atoms with E-state index >= 15 is 0 Å². The van der Waals surface area contributed by atoms with Gasteiger partial charge in [-0.05, 0) is 64.1 Å². The summed E-state index contributed by atoms with van der Waals surface area (Å²) in [6, 6.07) is 46.6. The molecule has 1 aliphatic carbocycles. The van der Waals surface area contributed by atoms with Crippen molar-refractivity contribution in [1.82, 2.24) is 9.55 Å². The summed E-state index contributed by atoms with van der Waals surface area (Å²) < 4.78 is 2.43. The quantitative estimate of drug-likeness (QED) is 0.246. The lowest BCUT2D eigenvalue weighted by molar-refractivity contribution is 1.18. The van der Waals surface area contributed by atoms with Crippen LogP contribution in [-0.2, 0) is 6.42 Å². The van der Waals surface area contributed by atoms with Gasteiger partial charge in [-0.15, -0.1) is 0 Å². The molecule has 1 N–H and O–H groups in total. The lowest BCUT2D eigenvalue weighted by atomic mass is 9.95. The highest BCUT2D eigenvalue weighted by atomic mass is 15.0. The normalized spacial score (nSPS) is 12.5. The fourth-order valence-electron chi connectivity index (χ4n) is 6.86. The van der Waals surface area contributed by atoms with E-state index in [0.29, 0.717) is 0 Å². The molecule has 0 bridgehead atoms. The van der Waals surface area contributed by atoms with Crippen molar-refractivity contribution in [2.45, 2.75) is 6.42 Å². The number of H-pyrrole nitrogens is 1. The molecule has 2 nitrogen and oxygen atoms in total. The molecule has 0 saturated carbocycles. The van der Waals surface area contributed by atoms with E-state index in [1.165, 1.54) is 82.7 Å². The molecule has 8 aromatic rings. The van der Waals surface area contributed by atoms with Gasteiger partial charge in [-0.25, -0.2) is 0 Å². The number of hydrogen-bond donors (Lipinski definition) is 1. The Kier molecular flexibility index (Phi) is 4.14. The van der Waals surface area contributed by atoms with Gasteiger partial charge in [0.15, 0.2) is 0 Å². The van der Waals surface area contributed by atoms with Crippen molar-refractivity contribution in [3.63, 3.8) is 0 Å². The van der Waals surface area contributed by atoms with Crippen LogP contribution in [0.5, 0.6) is 0 Å². The molecule has 9 rings (SSSR count). The highest BCUT2D eigenvalue weighted by molar-refractivity contribution is 6.22. The second-order valence-electron chi connectivity index (χ2n) is 10.6. The summed E-state index contributed by atoms with van der Waals surface area (Å²) in [7, 11) is 0. The summed E-state index contributed by atoms with van der Waals surface area (Å²) in [6.07, 6.45) is 0.995. The average molecular weight is 497 g/mol. The summed E-state index contributed by atoms with van der Waals surface area (Å²) in [5.74, 6) is 0. The van der Waals surface area contributed by atoms with Gasteiger partial charge >= 0.3 is 0 Å². The number of rotatable bonds is 2. The molecule has 6 aromatic carbocycles. The van der Waals surface area contributed by atoms with Crippen LogP contribution in [0.2, 0.25) is 0 Å². The summed E-state index contributed by atoms with van der Waals surface area (Å²) in [6.45, 7) is 0. The summed E-state index contributed by atoms with van der Waals surface area (Å²) in [4.78, 5) is 3.75. The maximum Gasteiger partial charge on any atom is 0.0783 e. The molecule has 0 saturated heterocycles. The minimum Gasteiger partial charge on any atom is -0.353 e. The molecule has 0 radical (unpaired) electrons. The third-order valence-electron chi connectivity index (χ3n) is 8.60. The molecular weight excluding hydrogens is 472 g/mol. The van der Waals surface area contributed by atoms with E-state index < -0.39 is 0 Å². The van der Waals surface area contributed by atoms with Gasteiger partial charge in [-0.3, -0.25) is 0 Å². The van der Waals surface area contributed by atoms with Crippen molar-refractivity contribution >= 4 is 43.6 Å². The van der Waals surface area contributed by atoms with Gasteiger partial charge in [0.05, 0.1) is 16.6 Å². The second kappa shape index (κ2) is 7.72. The standard InChI is InChI=1S/C37H24N2/c1-2-9-27-24(8-1)22-33-26(12-7-13-28(27)33)23-16-18-25(19-17-23)39-35-15-6-4-11-30(35)32-21-20-31-29-10-3-5-14-34(29)38-36(31)37(32)39/h1-21,38H,22H2. The van der Waals surface area contributed by atoms with Crippen LogP contribution in [0.25, 0.3) is 71.6 Å². The Bertz CT molecular complexity index is 2240. The first-order valence-corrected chi connectivity index (χ1v) is 13.6. The minimum atomic E-state index is 0.995. The van der Waals surface area contributed by atoms with Crippen LogP contribution in [0.15, 0.2) is 127 Å². The van der Waals surface area contributed by atoms with Crippen LogP contribution < -0.4 is 0 Å². The van der Waals surface area contributed by atoms with Gasteiger partial charge in [0, 0.05) is 32.7 Å². The Labute approximate surface area is 225 Å². The van der Waals surface area contributed by atoms with E-state index in [-0.39, 0.29) is 0 Å².